The average Bonchev–Trinajstić information content (AvgIpc) is 3.63. The minimum atomic E-state index is -4.68. The van der Waals surface area contributed by atoms with Crippen molar-refractivity contribution in [3.63, 3.8) is 0 Å². The van der Waals surface area contributed by atoms with Crippen LogP contribution in [-0.2, 0) is 27.1 Å². The van der Waals surface area contributed by atoms with Crippen molar-refractivity contribution in [1.82, 2.24) is 4.57 Å². The van der Waals surface area contributed by atoms with Gasteiger partial charge in [0.05, 0.1) is 49.3 Å². The lowest BCUT2D eigenvalue weighted by atomic mass is 9.87. The van der Waals surface area contributed by atoms with E-state index < -0.39 is 58.0 Å². The molecule has 3 atom stereocenters. The maximum absolute atomic E-state index is 13.8. The van der Waals surface area contributed by atoms with Crippen molar-refractivity contribution < 1.29 is 32.0 Å². The topological polar surface area (TPSA) is 102 Å². The van der Waals surface area contributed by atoms with Gasteiger partial charge in [-0.15, -0.1) is 0 Å². The highest BCUT2D eigenvalue weighted by molar-refractivity contribution is 8.00. The fourth-order valence-electron chi connectivity index (χ4n) is 5.02. The number of carbonyl (C=O) groups is 3. The second-order valence-electron chi connectivity index (χ2n) is 9.42. The Hall–Kier alpha value is -3.52. The van der Waals surface area contributed by atoms with Gasteiger partial charge < -0.3 is 9.73 Å². The molecule has 216 valence electrons. The van der Waals surface area contributed by atoms with E-state index in [0.29, 0.717) is 26.4 Å². The lowest BCUT2D eigenvalue weighted by Crippen LogP contribution is -2.32. The summed E-state index contributed by atoms with van der Waals surface area (Å²) in [5.74, 6) is -3.66. The van der Waals surface area contributed by atoms with Gasteiger partial charge >= 0.3 is 11.0 Å². The van der Waals surface area contributed by atoms with Gasteiger partial charge in [0.1, 0.15) is 17.6 Å². The van der Waals surface area contributed by atoms with Gasteiger partial charge in [0.15, 0.2) is 0 Å². The number of anilines is 2. The van der Waals surface area contributed by atoms with Crippen LogP contribution in [0.1, 0.15) is 22.1 Å². The summed E-state index contributed by atoms with van der Waals surface area (Å²) in [6.45, 7) is -0.417. The van der Waals surface area contributed by atoms with E-state index in [4.69, 9.17) is 27.6 Å². The van der Waals surface area contributed by atoms with Crippen LogP contribution in [0, 0.1) is 5.92 Å². The number of carbonyl (C=O) groups excluding carboxylic acids is 3. The molecule has 8 nitrogen and oxygen atoms in total. The summed E-state index contributed by atoms with van der Waals surface area (Å²) in [5, 5.41) is 2.36. The van der Waals surface area contributed by atoms with Crippen molar-refractivity contribution in [2.75, 3.05) is 10.2 Å². The molecule has 3 amide bonds. The van der Waals surface area contributed by atoms with E-state index >= 15 is 0 Å². The van der Waals surface area contributed by atoms with E-state index in [0.717, 1.165) is 46.2 Å². The van der Waals surface area contributed by atoms with Crippen LogP contribution in [0.3, 0.4) is 0 Å². The van der Waals surface area contributed by atoms with E-state index in [1.807, 2.05) is 0 Å². The molecule has 0 radical (unpaired) electrons. The molecule has 1 fully saturated rings. The first-order chi connectivity index (χ1) is 19.9. The van der Waals surface area contributed by atoms with Gasteiger partial charge in [-0.25, -0.2) is 4.90 Å². The van der Waals surface area contributed by atoms with Gasteiger partial charge in [-0.05, 0) is 48.5 Å². The van der Waals surface area contributed by atoms with Crippen LogP contribution in [0.4, 0.5) is 24.5 Å². The van der Waals surface area contributed by atoms with Crippen LogP contribution < -0.4 is 15.1 Å². The van der Waals surface area contributed by atoms with E-state index in [9.17, 15) is 32.3 Å². The van der Waals surface area contributed by atoms with Crippen molar-refractivity contribution in [3.8, 4) is 0 Å². The van der Waals surface area contributed by atoms with E-state index in [1.165, 1.54) is 35.1 Å². The number of furan rings is 1. The van der Waals surface area contributed by atoms with Crippen LogP contribution in [0.2, 0.25) is 10.0 Å². The molecule has 6 rings (SSSR count). The molecular formula is C27H16Cl2F3N3O5S2. The zero-order chi connectivity index (χ0) is 29.9. The van der Waals surface area contributed by atoms with Gasteiger partial charge in [-0.3, -0.25) is 23.7 Å². The third-order valence-electron chi connectivity index (χ3n) is 6.84. The Morgan fingerprint density at radius 3 is 2.48 bits per heavy atom. The Bertz CT molecular complexity index is 1800. The standard InChI is InChI=1S/C27H16Cl2F3N3O5S2/c28-15-7-6-13(10-16(15)29)33-18(36)11-34-25-22(42-26(34)39)19(17-5-2-8-40-17)20-21(41-25)24(38)35(23(20)37)14-4-1-3-12(9-14)27(30,31)32/h1-10,19-21H,11H2,(H,33,36). The fourth-order valence-corrected chi connectivity index (χ4v) is 8.08. The van der Waals surface area contributed by atoms with Gasteiger partial charge in [0.25, 0.3) is 0 Å². The molecule has 42 heavy (non-hydrogen) atoms. The summed E-state index contributed by atoms with van der Waals surface area (Å²) in [7, 11) is 0. The number of nitrogens with one attached hydrogen (secondary N) is 1. The van der Waals surface area contributed by atoms with Gasteiger partial charge in [0.2, 0.25) is 17.7 Å². The quantitative estimate of drug-likeness (QED) is 0.255. The second kappa shape index (κ2) is 10.6. The zero-order valence-electron chi connectivity index (χ0n) is 20.9. The van der Waals surface area contributed by atoms with Gasteiger partial charge in [-0.2, -0.15) is 13.2 Å². The maximum Gasteiger partial charge on any atom is 0.416 e. The molecule has 0 saturated carbocycles. The molecule has 0 bridgehead atoms. The monoisotopic (exact) mass is 653 g/mol. The number of aromatic nitrogens is 1. The number of thioether (sulfide) groups is 1. The summed E-state index contributed by atoms with van der Waals surface area (Å²) in [4.78, 5) is 54.2. The molecule has 2 aliphatic rings. The number of rotatable bonds is 5. The summed E-state index contributed by atoms with van der Waals surface area (Å²) >= 11 is 13.7. The fraction of sp³-hybridized carbons (Fsp3) is 0.185. The molecule has 2 aliphatic heterocycles. The number of hydrogen-bond acceptors (Lipinski definition) is 7. The first-order valence-corrected chi connectivity index (χ1v) is 14.6. The van der Waals surface area contributed by atoms with Gasteiger partial charge in [0, 0.05) is 5.69 Å². The van der Waals surface area contributed by atoms with E-state index in [1.54, 1.807) is 12.1 Å². The molecule has 4 heterocycles. The van der Waals surface area contributed by atoms with Crippen LogP contribution >= 0.6 is 46.3 Å². The average molecular weight is 654 g/mol. The molecule has 0 spiro atoms. The number of imide groups is 1. The number of amides is 3. The Labute approximate surface area is 253 Å². The van der Waals surface area contributed by atoms with Crippen LogP contribution in [0.25, 0.3) is 0 Å². The smallest absolute Gasteiger partial charge is 0.416 e. The molecule has 0 aliphatic carbocycles. The highest BCUT2D eigenvalue weighted by atomic mass is 35.5. The van der Waals surface area contributed by atoms with Crippen LogP contribution in [-0.4, -0.2) is 27.5 Å². The van der Waals surface area contributed by atoms with Crippen molar-refractivity contribution in [2.24, 2.45) is 5.92 Å². The first-order valence-electron chi connectivity index (χ1n) is 12.2. The van der Waals surface area contributed by atoms with Crippen LogP contribution in [0.15, 0.2) is 75.1 Å². The highest BCUT2D eigenvalue weighted by Crippen LogP contribution is 2.54. The van der Waals surface area contributed by atoms with Crippen molar-refractivity contribution in [2.45, 2.75) is 28.9 Å². The number of alkyl halides is 3. The predicted octanol–water partition coefficient (Wildman–Crippen LogP) is 6.26. The lowest BCUT2D eigenvalue weighted by molar-refractivity contribution is -0.137. The Balaban J connectivity index is 1.37. The zero-order valence-corrected chi connectivity index (χ0v) is 24.0. The van der Waals surface area contributed by atoms with E-state index in [-0.39, 0.29) is 10.7 Å². The highest BCUT2D eigenvalue weighted by Gasteiger charge is 2.57. The summed E-state index contributed by atoms with van der Waals surface area (Å²) in [5.41, 5.74) is -0.873. The Kier molecular flexibility index (Phi) is 7.24. The van der Waals surface area contributed by atoms with Crippen molar-refractivity contribution in [1.29, 1.82) is 0 Å². The largest absolute Gasteiger partial charge is 0.469 e. The van der Waals surface area contributed by atoms with Crippen LogP contribution in [0.5, 0.6) is 0 Å². The summed E-state index contributed by atoms with van der Waals surface area (Å²) in [6.07, 6.45) is -3.31. The SMILES string of the molecule is O=C(Cn1c2c(sc1=O)C(c1ccco1)C1C(=O)N(c3cccc(C(F)(F)F)c3)C(=O)C1S2)Nc1ccc(Cl)c(Cl)c1. The molecular weight excluding hydrogens is 638 g/mol. The molecule has 4 aromatic rings. The normalized spacial score (nSPS) is 20.0. The minimum absolute atomic E-state index is 0.213. The number of benzene rings is 2. The number of nitrogens with zero attached hydrogens (tertiary/aromatic N) is 2. The third-order valence-corrected chi connectivity index (χ3v) is 10.2. The number of halogens is 5. The second-order valence-corrected chi connectivity index (χ2v) is 12.4. The third kappa shape index (κ3) is 4.93. The number of hydrogen-bond donors (Lipinski definition) is 1. The summed E-state index contributed by atoms with van der Waals surface area (Å²) < 4.78 is 47.0. The molecule has 1 N–H and O–H groups in total. The number of fused-ring (bicyclic) bond motifs is 2. The van der Waals surface area contributed by atoms with Gasteiger partial charge in [-0.1, -0.05) is 52.4 Å². The molecule has 15 heteroatoms. The molecule has 2 aromatic carbocycles. The predicted molar refractivity (Wildman–Crippen MR) is 151 cm³/mol. The van der Waals surface area contributed by atoms with Crippen molar-refractivity contribution in [3.05, 3.63) is 96.8 Å². The minimum Gasteiger partial charge on any atom is -0.469 e. The van der Waals surface area contributed by atoms with E-state index in [2.05, 4.69) is 5.32 Å². The summed E-state index contributed by atoms with van der Waals surface area (Å²) in [6, 6.07) is 11.6. The molecule has 1 saturated heterocycles. The lowest BCUT2D eigenvalue weighted by Gasteiger charge is -2.29. The Morgan fingerprint density at radius 1 is 1.00 bits per heavy atom. The maximum atomic E-state index is 13.8. The Morgan fingerprint density at radius 2 is 1.79 bits per heavy atom. The van der Waals surface area contributed by atoms with Crippen molar-refractivity contribution >= 4 is 75.4 Å². The first kappa shape index (κ1) is 28.6. The number of thiazole rings is 1. The molecule has 2 aromatic heterocycles. The molecule has 3 unspecified atom stereocenters.